The molecule has 0 aromatic rings. The molecule has 0 bridgehead atoms. The molecule has 0 heterocycles. The monoisotopic (exact) mass is 1200 g/mol. The highest BCUT2D eigenvalue weighted by atomic mass is 31.2. The van der Waals surface area contributed by atoms with Gasteiger partial charge in [-0.1, -0.05) is 345 Å². The van der Waals surface area contributed by atoms with Gasteiger partial charge < -0.3 is 27.9 Å². The van der Waals surface area contributed by atoms with Gasteiger partial charge in [-0.2, -0.15) is 0 Å². The van der Waals surface area contributed by atoms with Crippen molar-refractivity contribution in [3.8, 4) is 0 Å². The first kappa shape index (κ1) is 82.0. The Morgan fingerprint density at radius 3 is 1.01 bits per heavy atom. The van der Waals surface area contributed by atoms with Crippen LogP contribution in [0.2, 0.25) is 0 Å². The van der Waals surface area contributed by atoms with Crippen LogP contribution in [0.4, 0.5) is 0 Å². The van der Waals surface area contributed by atoms with Crippen molar-refractivity contribution in [1.82, 2.24) is 0 Å². The fourth-order valence-electron chi connectivity index (χ4n) is 10.8. The van der Waals surface area contributed by atoms with E-state index in [4.69, 9.17) is 18.5 Å². The Labute approximate surface area is 522 Å². The van der Waals surface area contributed by atoms with E-state index >= 15 is 0 Å². The lowest BCUT2D eigenvalue weighted by Crippen LogP contribution is -2.37. The molecule has 494 valence electrons. The van der Waals surface area contributed by atoms with Crippen molar-refractivity contribution in [2.45, 2.75) is 367 Å². The maximum Gasteiger partial charge on any atom is 0.306 e. The number of likely N-dealkylation sites (N-methyl/N-ethyl adjacent to an activating group) is 1. The van der Waals surface area contributed by atoms with Crippen LogP contribution in [0.25, 0.3) is 0 Å². The second-order valence-electron chi connectivity index (χ2n) is 25.9. The summed E-state index contributed by atoms with van der Waals surface area (Å²) in [5.74, 6) is -0.815. The lowest BCUT2D eigenvalue weighted by Gasteiger charge is -2.28. The molecule has 0 aliphatic carbocycles. The van der Waals surface area contributed by atoms with Crippen molar-refractivity contribution < 1.29 is 42.1 Å². The number of phosphoric ester groups is 1. The molecule has 0 saturated heterocycles. The van der Waals surface area contributed by atoms with Gasteiger partial charge in [0.1, 0.15) is 19.8 Å². The van der Waals surface area contributed by atoms with Gasteiger partial charge in [0.25, 0.3) is 7.82 Å². The zero-order chi connectivity index (χ0) is 61.2. The normalized spacial score (nSPS) is 13.4. The van der Waals surface area contributed by atoms with Crippen molar-refractivity contribution in [2.75, 3.05) is 47.5 Å². The molecule has 0 radical (unpaired) electrons. The summed E-state index contributed by atoms with van der Waals surface area (Å²) in [5, 5.41) is 0. The van der Waals surface area contributed by atoms with Crippen LogP contribution in [0.1, 0.15) is 361 Å². The van der Waals surface area contributed by atoms with Gasteiger partial charge in [-0.25, -0.2) is 0 Å². The minimum atomic E-state index is -4.64. The number of esters is 2. The summed E-state index contributed by atoms with van der Waals surface area (Å²) in [4.78, 5) is 38.1. The highest BCUT2D eigenvalue weighted by Gasteiger charge is 2.22. The number of carbonyl (C=O) groups excluding carboxylic acids is 2. The molecule has 0 aromatic heterocycles. The topological polar surface area (TPSA) is 111 Å². The number of carbonyl (C=O) groups is 2. The van der Waals surface area contributed by atoms with E-state index in [0.29, 0.717) is 17.4 Å². The van der Waals surface area contributed by atoms with Crippen LogP contribution in [0.3, 0.4) is 0 Å². The number of unbranched alkanes of at least 4 members (excludes halogenated alkanes) is 46. The number of rotatable bonds is 68. The molecular weight excluding hydrogens is 1060 g/mol. The van der Waals surface area contributed by atoms with E-state index < -0.39 is 26.5 Å². The van der Waals surface area contributed by atoms with Crippen LogP contribution < -0.4 is 4.89 Å². The predicted molar refractivity (Wildman–Crippen MR) is 360 cm³/mol. The summed E-state index contributed by atoms with van der Waals surface area (Å²) >= 11 is 0. The molecular formula is C74H140NO8P. The average Bonchev–Trinajstić information content (AvgIpc) is 3.61. The van der Waals surface area contributed by atoms with E-state index in [9.17, 15) is 19.0 Å². The van der Waals surface area contributed by atoms with Gasteiger partial charge >= 0.3 is 11.9 Å². The maximum atomic E-state index is 12.9. The van der Waals surface area contributed by atoms with Gasteiger partial charge in [0.05, 0.1) is 27.7 Å². The zero-order valence-corrected chi connectivity index (χ0v) is 57.3. The van der Waals surface area contributed by atoms with Crippen molar-refractivity contribution in [1.29, 1.82) is 0 Å². The molecule has 2 unspecified atom stereocenters. The van der Waals surface area contributed by atoms with Gasteiger partial charge in [0.2, 0.25) is 0 Å². The van der Waals surface area contributed by atoms with E-state index in [-0.39, 0.29) is 32.0 Å². The number of nitrogens with zero attached hydrogens (tertiary/aromatic N) is 1. The molecule has 0 amide bonds. The molecule has 0 aromatic carbocycles. The summed E-state index contributed by atoms with van der Waals surface area (Å²) in [7, 11) is 1.18. The number of ether oxygens (including phenoxy) is 2. The third kappa shape index (κ3) is 69.1. The van der Waals surface area contributed by atoms with Crippen LogP contribution in [0.5, 0.6) is 0 Å². The summed E-state index contributed by atoms with van der Waals surface area (Å²) < 4.78 is 34.4. The Morgan fingerprint density at radius 2 is 0.679 bits per heavy atom. The number of quaternary nitrogens is 1. The molecule has 2 atom stereocenters. The van der Waals surface area contributed by atoms with Gasteiger partial charge in [0.15, 0.2) is 6.10 Å². The fraction of sp³-hybridized carbons (Fsp3) is 0.865. The second kappa shape index (κ2) is 65.4. The quantitative estimate of drug-likeness (QED) is 0.0195. The Balaban J connectivity index is 3.96. The van der Waals surface area contributed by atoms with Crippen LogP contribution in [0, 0.1) is 0 Å². The molecule has 0 aliphatic heterocycles. The van der Waals surface area contributed by atoms with E-state index in [1.54, 1.807) is 0 Å². The van der Waals surface area contributed by atoms with Crippen LogP contribution in [-0.2, 0) is 32.7 Å². The minimum Gasteiger partial charge on any atom is -0.756 e. The van der Waals surface area contributed by atoms with Crippen LogP contribution >= 0.6 is 7.82 Å². The molecule has 0 saturated carbocycles. The van der Waals surface area contributed by atoms with E-state index in [2.05, 4.69) is 62.5 Å². The van der Waals surface area contributed by atoms with Gasteiger partial charge in [0, 0.05) is 12.8 Å². The summed E-state index contributed by atoms with van der Waals surface area (Å²) in [6, 6.07) is 0. The first-order chi connectivity index (χ1) is 41.0. The van der Waals surface area contributed by atoms with E-state index in [0.717, 1.165) is 64.2 Å². The Hall–Kier alpha value is -2.03. The molecule has 10 heteroatoms. The van der Waals surface area contributed by atoms with Gasteiger partial charge in [-0.3, -0.25) is 14.2 Å². The lowest BCUT2D eigenvalue weighted by molar-refractivity contribution is -0.870. The Kier molecular flexibility index (Phi) is 63.8. The average molecular weight is 1200 g/mol. The number of allylic oxidation sites excluding steroid dienone is 8. The van der Waals surface area contributed by atoms with Crippen molar-refractivity contribution in [3.63, 3.8) is 0 Å². The fourth-order valence-corrected chi connectivity index (χ4v) is 11.6. The molecule has 9 nitrogen and oxygen atoms in total. The highest BCUT2D eigenvalue weighted by molar-refractivity contribution is 7.45. The first-order valence-electron chi connectivity index (χ1n) is 36.3. The molecule has 0 aliphatic rings. The molecule has 0 rings (SSSR count). The Bertz CT molecular complexity index is 1560. The van der Waals surface area contributed by atoms with E-state index in [1.807, 2.05) is 21.1 Å². The Morgan fingerprint density at radius 1 is 0.381 bits per heavy atom. The van der Waals surface area contributed by atoms with Crippen molar-refractivity contribution in [3.05, 3.63) is 48.6 Å². The smallest absolute Gasteiger partial charge is 0.306 e. The van der Waals surface area contributed by atoms with Crippen LogP contribution in [0.15, 0.2) is 48.6 Å². The minimum absolute atomic E-state index is 0.0293. The second-order valence-corrected chi connectivity index (χ2v) is 27.3. The molecule has 0 fully saturated rings. The molecule has 84 heavy (non-hydrogen) atoms. The highest BCUT2D eigenvalue weighted by Crippen LogP contribution is 2.38. The van der Waals surface area contributed by atoms with Crippen LogP contribution in [-0.4, -0.2) is 70.0 Å². The van der Waals surface area contributed by atoms with Crippen molar-refractivity contribution in [2.24, 2.45) is 0 Å². The van der Waals surface area contributed by atoms with Gasteiger partial charge in [-0.05, 0) is 51.4 Å². The predicted octanol–water partition coefficient (Wildman–Crippen LogP) is 23.0. The lowest BCUT2D eigenvalue weighted by atomic mass is 10.0. The maximum absolute atomic E-state index is 12.9. The largest absolute Gasteiger partial charge is 0.756 e. The third-order valence-corrected chi connectivity index (χ3v) is 17.3. The number of hydrogen-bond acceptors (Lipinski definition) is 8. The zero-order valence-electron chi connectivity index (χ0n) is 56.4. The molecule has 0 spiro atoms. The SMILES string of the molecule is CC/C=C\C/C=C\C/C=C\C/C=C\CCCCCCCCCCCCCCCCC(=O)OC(COC(=O)CCCCCCCCCCCCCCCCCCCCCCCCCCCCCCCCCCC)COP(=O)([O-])OCC[N+](C)(C)C. The standard InChI is InChI=1S/C74H140NO8P/c1-6-8-10-12-14-16-18-20-22-24-26-28-30-32-34-35-36-37-38-39-41-42-44-46-48-50-52-54-56-58-60-62-64-66-73(76)80-70-72(71-82-84(78,79)81-69-68-75(3,4)5)83-74(77)67-65-63-61-59-57-55-53-51-49-47-45-43-40-33-31-29-27-25-23-21-19-17-15-13-11-9-7-2/h9,11,15,17,21,23,27,29,72H,6-8,10,12-14,16,18-20,22,24-26,28,30-71H2,1-5H3/b11-9-,17-15-,23-21-,29-27-. The summed E-state index contributed by atoms with van der Waals surface area (Å²) in [6.45, 7) is 4.19. The third-order valence-electron chi connectivity index (χ3n) is 16.4. The number of phosphoric acid groups is 1. The molecule has 0 N–H and O–H groups in total. The van der Waals surface area contributed by atoms with Gasteiger partial charge in [-0.15, -0.1) is 0 Å². The van der Waals surface area contributed by atoms with Crippen molar-refractivity contribution >= 4 is 19.8 Å². The number of hydrogen-bond donors (Lipinski definition) is 0. The summed E-state index contributed by atoms with van der Waals surface area (Å²) in [5.41, 5.74) is 0. The van der Waals surface area contributed by atoms with E-state index in [1.165, 1.54) is 263 Å². The summed E-state index contributed by atoms with van der Waals surface area (Å²) in [6.07, 6.45) is 85.0. The first-order valence-corrected chi connectivity index (χ1v) is 37.8.